The van der Waals surface area contributed by atoms with Gasteiger partial charge in [-0.15, -0.1) is 10.2 Å². The van der Waals surface area contributed by atoms with Crippen LogP contribution >= 0.6 is 0 Å². The Kier molecular flexibility index (Phi) is 7.89. The van der Waals surface area contributed by atoms with Crippen LogP contribution in [0.15, 0.2) is 29.4 Å². The number of aromatic nitrogens is 3. The number of hydrogen-bond donors (Lipinski definition) is 2. The van der Waals surface area contributed by atoms with Crippen LogP contribution in [0.4, 0.5) is 13.2 Å². The van der Waals surface area contributed by atoms with Crippen LogP contribution in [0.25, 0.3) is 5.65 Å². The summed E-state index contributed by atoms with van der Waals surface area (Å²) in [7, 11) is 0. The zero-order valence-electron chi connectivity index (χ0n) is 17.3. The molecule has 166 valence electrons. The number of piperidine rings is 1. The lowest BCUT2D eigenvalue weighted by molar-refractivity contribution is -0.148. The Labute approximate surface area is 174 Å². The molecular formula is C20H30F3N7. The van der Waals surface area contributed by atoms with Crippen molar-refractivity contribution in [2.45, 2.75) is 38.8 Å². The largest absolute Gasteiger partial charge is 0.401 e. The van der Waals surface area contributed by atoms with E-state index in [4.69, 9.17) is 0 Å². The van der Waals surface area contributed by atoms with E-state index < -0.39 is 12.7 Å². The lowest BCUT2D eigenvalue weighted by Gasteiger charge is -2.32. The predicted octanol–water partition coefficient (Wildman–Crippen LogP) is 2.49. The molecule has 1 aliphatic rings. The maximum absolute atomic E-state index is 12.5. The average Bonchev–Trinajstić information content (AvgIpc) is 3.11. The van der Waals surface area contributed by atoms with Crippen molar-refractivity contribution in [3.05, 3.63) is 30.2 Å². The van der Waals surface area contributed by atoms with Gasteiger partial charge in [-0.2, -0.15) is 13.2 Å². The quantitative estimate of drug-likeness (QED) is 0.502. The van der Waals surface area contributed by atoms with E-state index in [0.717, 1.165) is 43.2 Å². The summed E-state index contributed by atoms with van der Waals surface area (Å²) >= 11 is 0. The zero-order chi connectivity index (χ0) is 21.4. The molecule has 2 N–H and O–H groups in total. The minimum atomic E-state index is -4.11. The first-order valence-corrected chi connectivity index (χ1v) is 10.5. The molecule has 0 spiro atoms. The number of nitrogens with zero attached hydrogens (tertiary/aromatic N) is 5. The normalized spacial score (nSPS) is 16.9. The second kappa shape index (κ2) is 10.6. The molecule has 0 saturated carbocycles. The number of halogens is 3. The van der Waals surface area contributed by atoms with E-state index in [1.165, 1.54) is 4.90 Å². The van der Waals surface area contributed by atoms with Crippen LogP contribution in [0, 0.1) is 5.92 Å². The summed E-state index contributed by atoms with van der Waals surface area (Å²) in [5.74, 6) is 2.07. The summed E-state index contributed by atoms with van der Waals surface area (Å²) < 4.78 is 39.4. The second-order valence-corrected chi connectivity index (χ2v) is 7.61. The summed E-state index contributed by atoms with van der Waals surface area (Å²) in [5, 5.41) is 14.9. The van der Waals surface area contributed by atoms with Gasteiger partial charge < -0.3 is 10.6 Å². The third kappa shape index (κ3) is 6.86. The Bertz CT molecular complexity index is 810. The number of hydrogen-bond acceptors (Lipinski definition) is 4. The van der Waals surface area contributed by atoms with Crippen molar-refractivity contribution >= 4 is 11.6 Å². The van der Waals surface area contributed by atoms with Crippen molar-refractivity contribution in [3.8, 4) is 0 Å². The Morgan fingerprint density at radius 1 is 1.20 bits per heavy atom. The van der Waals surface area contributed by atoms with Gasteiger partial charge >= 0.3 is 6.18 Å². The van der Waals surface area contributed by atoms with Gasteiger partial charge in [-0.3, -0.25) is 14.3 Å². The molecule has 3 heterocycles. The molecule has 1 saturated heterocycles. The highest BCUT2D eigenvalue weighted by molar-refractivity contribution is 5.79. The number of aliphatic imine (C=N–C) groups is 1. The van der Waals surface area contributed by atoms with Crippen molar-refractivity contribution in [2.24, 2.45) is 10.9 Å². The maximum atomic E-state index is 12.5. The smallest absolute Gasteiger partial charge is 0.357 e. The monoisotopic (exact) mass is 425 g/mol. The van der Waals surface area contributed by atoms with Gasteiger partial charge in [0.05, 0.1) is 6.54 Å². The molecule has 30 heavy (non-hydrogen) atoms. The van der Waals surface area contributed by atoms with Gasteiger partial charge in [-0.25, -0.2) is 0 Å². The molecule has 0 aliphatic carbocycles. The van der Waals surface area contributed by atoms with Crippen molar-refractivity contribution in [1.29, 1.82) is 0 Å². The lowest BCUT2D eigenvalue weighted by Crippen LogP contribution is -2.40. The van der Waals surface area contributed by atoms with Crippen LogP contribution in [0.3, 0.4) is 0 Å². The van der Waals surface area contributed by atoms with Crippen LogP contribution in [0.1, 0.15) is 32.0 Å². The highest BCUT2D eigenvalue weighted by Crippen LogP contribution is 2.24. The fourth-order valence-corrected chi connectivity index (χ4v) is 3.74. The minimum absolute atomic E-state index is 0.434. The van der Waals surface area contributed by atoms with Crippen molar-refractivity contribution < 1.29 is 13.2 Å². The van der Waals surface area contributed by atoms with Gasteiger partial charge in [0.1, 0.15) is 5.82 Å². The summed E-state index contributed by atoms with van der Waals surface area (Å²) in [5.41, 5.74) is 0.828. The predicted molar refractivity (Wildman–Crippen MR) is 111 cm³/mol. The molecule has 0 bridgehead atoms. The fourth-order valence-electron chi connectivity index (χ4n) is 3.74. The molecule has 0 amide bonds. The Morgan fingerprint density at radius 3 is 2.73 bits per heavy atom. The van der Waals surface area contributed by atoms with Crippen molar-refractivity contribution in [3.63, 3.8) is 0 Å². The fraction of sp³-hybridized carbons (Fsp3) is 0.650. The van der Waals surface area contributed by atoms with Crippen molar-refractivity contribution in [2.75, 3.05) is 39.3 Å². The van der Waals surface area contributed by atoms with Crippen LogP contribution in [0.2, 0.25) is 0 Å². The first-order valence-electron chi connectivity index (χ1n) is 10.5. The highest BCUT2D eigenvalue weighted by Gasteiger charge is 2.32. The lowest BCUT2D eigenvalue weighted by atomic mass is 9.93. The van der Waals surface area contributed by atoms with E-state index in [0.29, 0.717) is 38.5 Å². The zero-order valence-corrected chi connectivity index (χ0v) is 17.3. The number of fused-ring (bicyclic) bond motifs is 1. The number of alkyl halides is 3. The van der Waals surface area contributed by atoms with Crippen LogP contribution in [-0.4, -0.2) is 70.9 Å². The van der Waals surface area contributed by atoms with Crippen LogP contribution < -0.4 is 10.6 Å². The van der Waals surface area contributed by atoms with E-state index in [-0.39, 0.29) is 0 Å². The van der Waals surface area contributed by atoms with Gasteiger partial charge in [0, 0.05) is 32.3 Å². The number of pyridine rings is 1. The molecule has 7 nitrogen and oxygen atoms in total. The second-order valence-electron chi connectivity index (χ2n) is 7.61. The molecule has 3 rings (SSSR count). The summed E-state index contributed by atoms with van der Waals surface area (Å²) in [6.07, 6.45) is 1.05. The Balaban J connectivity index is 1.40. The molecule has 2 aromatic rings. The third-order valence-electron chi connectivity index (χ3n) is 5.29. The summed E-state index contributed by atoms with van der Waals surface area (Å²) in [6, 6.07) is 5.80. The van der Waals surface area contributed by atoms with Gasteiger partial charge in [0.2, 0.25) is 0 Å². The molecule has 1 aliphatic heterocycles. The molecule has 0 atom stereocenters. The van der Waals surface area contributed by atoms with Gasteiger partial charge in [0.25, 0.3) is 0 Å². The molecule has 10 heteroatoms. The molecule has 1 fully saturated rings. The molecule has 0 unspecified atom stereocenters. The minimum Gasteiger partial charge on any atom is -0.357 e. The molecule has 0 aromatic carbocycles. The Hall–Kier alpha value is -2.36. The van der Waals surface area contributed by atoms with Gasteiger partial charge in [-0.05, 0) is 57.3 Å². The third-order valence-corrected chi connectivity index (χ3v) is 5.29. The van der Waals surface area contributed by atoms with Gasteiger partial charge in [0.15, 0.2) is 11.6 Å². The van der Waals surface area contributed by atoms with E-state index in [2.05, 4.69) is 25.8 Å². The van der Waals surface area contributed by atoms with E-state index in [1.54, 1.807) is 0 Å². The molecule has 0 radical (unpaired) electrons. The standard InChI is InChI=1S/C20H30F3N7/c1-2-24-19(26-11-7-18-28-27-17-5-3-4-12-30(17)18)25-10-6-16-8-13-29(14-9-16)15-20(21,22)23/h3-5,12,16H,2,6-11,13-15H2,1H3,(H2,24,25,26). The number of guanidine groups is 1. The van der Waals surface area contributed by atoms with Crippen LogP contribution in [0.5, 0.6) is 0 Å². The maximum Gasteiger partial charge on any atom is 0.401 e. The summed E-state index contributed by atoms with van der Waals surface area (Å²) in [6.45, 7) is 4.34. The van der Waals surface area contributed by atoms with Crippen molar-refractivity contribution in [1.82, 2.24) is 30.1 Å². The first kappa shape index (κ1) is 22.3. The molecular weight excluding hydrogens is 395 g/mol. The Morgan fingerprint density at radius 2 is 2.00 bits per heavy atom. The topological polar surface area (TPSA) is 69.8 Å². The SMILES string of the molecule is CCNC(=NCCC1CCN(CC(F)(F)F)CC1)NCCc1nnc2ccccn12. The number of nitrogens with one attached hydrogen (secondary N) is 2. The number of rotatable bonds is 8. The van der Waals surface area contributed by atoms with Gasteiger partial charge in [-0.1, -0.05) is 6.07 Å². The number of likely N-dealkylation sites (tertiary alicyclic amines) is 1. The average molecular weight is 426 g/mol. The highest BCUT2D eigenvalue weighted by atomic mass is 19.4. The van der Waals surface area contributed by atoms with E-state index in [9.17, 15) is 13.2 Å². The van der Waals surface area contributed by atoms with E-state index in [1.807, 2.05) is 35.7 Å². The first-order chi connectivity index (χ1) is 14.4. The molecule has 2 aromatic heterocycles. The van der Waals surface area contributed by atoms with E-state index >= 15 is 0 Å². The van der Waals surface area contributed by atoms with Crippen LogP contribution in [-0.2, 0) is 6.42 Å². The summed E-state index contributed by atoms with van der Waals surface area (Å²) in [4.78, 5) is 6.12.